The SMILES string of the molecule is CCCCCCCCCC(OOC(=O)c1ccc(CCC)cc1)OOC(=O)c1ccc(CCC)cc1. The molecule has 0 aliphatic heterocycles. The van der Waals surface area contributed by atoms with Crippen LogP contribution in [0, 0.1) is 0 Å². The fraction of sp³-hybridized carbons (Fsp3) is 0.533. The van der Waals surface area contributed by atoms with Gasteiger partial charge in [0.2, 0.25) is 6.29 Å². The molecular formula is C30H42O6. The Morgan fingerprint density at radius 3 is 1.42 bits per heavy atom. The molecular weight excluding hydrogens is 456 g/mol. The van der Waals surface area contributed by atoms with Gasteiger partial charge in [-0.2, -0.15) is 0 Å². The highest BCUT2D eigenvalue weighted by molar-refractivity contribution is 5.89. The van der Waals surface area contributed by atoms with E-state index in [1.54, 1.807) is 24.3 Å². The molecule has 0 saturated heterocycles. The van der Waals surface area contributed by atoms with E-state index >= 15 is 0 Å². The standard InChI is InChI=1S/C30H42O6/c1-4-7-8-9-10-11-12-15-28(33-35-29(31)26-20-16-24(13-5-2)17-21-26)34-36-30(32)27-22-18-25(14-6-3)19-23-27/h16-23,28H,4-15H2,1-3H3. The molecule has 2 aromatic rings. The monoisotopic (exact) mass is 498 g/mol. The zero-order valence-corrected chi connectivity index (χ0v) is 22.1. The van der Waals surface area contributed by atoms with Crippen LogP contribution in [0.1, 0.15) is 117 Å². The largest absolute Gasteiger partial charge is 0.373 e. The van der Waals surface area contributed by atoms with Crippen molar-refractivity contribution in [2.75, 3.05) is 0 Å². The third kappa shape index (κ3) is 11.4. The molecule has 0 N–H and O–H groups in total. The quantitative estimate of drug-likeness (QED) is 0.0899. The molecule has 0 aliphatic rings. The molecule has 0 bridgehead atoms. The van der Waals surface area contributed by atoms with Crippen molar-refractivity contribution in [1.29, 1.82) is 0 Å². The smallest absolute Gasteiger partial charge is 0.290 e. The van der Waals surface area contributed by atoms with Gasteiger partial charge < -0.3 is 0 Å². The predicted molar refractivity (Wildman–Crippen MR) is 140 cm³/mol. The Bertz CT molecular complexity index is 810. The first kappa shape index (κ1) is 29.5. The lowest BCUT2D eigenvalue weighted by atomic mass is 10.1. The summed E-state index contributed by atoms with van der Waals surface area (Å²) >= 11 is 0. The van der Waals surface area contributed by atoms with Crippen LogP contribution in [0.5, 0.6) is 0 Å². The number of unbranched alkanes of at least 4 members (excludes halogenated alkanes) is 6. The van der Waals surface area contributed by atoms with E-state index in [1.807, 2.05) is 24.3 Å². The maximum atomic E-state index is 12.4. The molecule has 0 atom stereocenters. The Morgan fingerprint density at radius 1 is 0.583 bits per heavy atom. The molecule has 36 heavy (non-hydrogen) atoms. The maximum Gasteiger partial charge on any atom is 0.373 e. The topological polar surface area (TPSA) is 71.1 Å². The van der Waals surface area contributed by atoms with Crippen LogP contribution >= 0.6 is 0 Å². The number of carbonyl (C=O) groups excluding carboxylic acids is 2. The zero-order chi connectivity index (χ0) is 26.0. The first-order valence-corrected chi connectivity index (χ1v) is 13.5. The summed E-state index contributed by atoms with van der Waals surface area (Å²) in [5.41, 5.74) is 3.08. The molecule has 0 aromatic heterocycles. The van der Waals surface area contributed by atoms with Gasteiger partial charge in [-0.1, -0.05) is 96.4 Å². The molecule has 0 unspecified atom stereocenters. The van der Waals surface area contributed by atoms with Gasteiger partial charge in [-0.05, 0) is 54.7 Å². The van der Waals surface area contributed by atoms with Crippen LogP contribution in [0.15, 0.2) is 48.5 Å². The van der Waals surface area contributed by atoms with E-state index in [0.717, 1.165) is 56.1 Å². The molecule has 198 valence electrons. The molecule has 0 amide bonds. The number of carbonyl (C=O) groups is 2. The molecule has 0 heterocycles. The summed E-state index contributed by atoms with van der Waals surface area (Å²) < 4.78 is 0. The zero-order valence-electron chi connectivity index (χ0n) is 22.1. The van der Waals surface area contributed by atoms with Gasteiger partial charge in [-0.15, -0.1) is 9.78 Å². The molecule has 6 nitrogen and oxygen atoms in total. The van der Waals surface area contributed by atoms with E-state index in [1.165, 1.54) is 25.7 Å². The average molecular weight is 499 g/mol. The first-order chi connectivity index (χ1) is 17.6. The van der Waals surface area contributed by atoms with Crippen LogP contribution in [-0.2, 0) is 32.4 Å². The highest BCUT2D eigenvalue weighted by atomic mass is 17.3. The van der Waals surface area contributed by atoms with Gasteiger partial charge >= 0.3 is 11.9 Å². The summed E-state index contributed by atoms with van der Waals surface area (Å²) in [6, 6.07) is 14.5. The molecule has 6 heteroatoms. The number of aryl methyl sites for hydroxylation is 2. The molecule has 0 fully saturated rings. The van der Waals surface area contributed by atoms with E-state index in [9.17, 15) is 9.59 Å². The van der Waals surface area contributed by atoms with Crippen molar-refractivity contribution in [3.05, 3.63) is 70.8 Å². The lowest BCUT2D eigenvalue weighted by molar-refractivity contribution is -0.421. The van der Waals surface area contributed by atoms with E-state index in [2.05, 4.69) is 20.8 Å². The normalized spacial score (nSPS) is 11.0. The van der Waals surface area contributed by atoms with Gasteiger partial charge in [0.25, 0.3) is 0 Å². The lowest BCUT2D eigenvalue weighted by Gasteiger charge is -2.15. The minimum absolute atomic E-state index is 0.383. The van der Waals surface area contributed by atoms with Crippen LogP contribution in [0.2, 0.25) is 0 Å². The van der Waals surface area contributed by atoms with Crippen LogP contribution < -0.4 is 0 Å². The molecule has 0 saturated carbocycles. The van der Waals surface area contributed by atoms with Gasteiger partial charge in [-0.25, -0.2) is 9.59 Å². The van der Waals surface area contributed by atoms with Crippen molar-refractivity contribution in [3.63, 3.8) is 0 Å². The van der Waals surface area contributed by atoms with Crippen molar-refractivity contribution in [2.24, 2.45) is 0 Å². The van der Waals surface area contributed by atoms with E-state index in [-0.39, 0.29) is 0 Å². The minimum Gasteiger partial charge on any atom is -0.290 e. The second kappa shape index (κ2) is 17.7. The van der Waals surface area contributed by atoms with Crippen molar-refractivity contribution >= 4 is 11.9 Å². The van der Waals surface area contributed by atoms with Crippen molar-refractivity contribution in [3.8, 4) is 0 Å². The number of hydrogen-bond donors (Lipinski definition) is 0. The maximum absolute atomic E-state index is 12.4. The second-order valence-corrected chi connectivity index (χ2v) is 9.17. The lowest BCUT2D eigenvalue weighted by Crippen LogP contribution is -2.22. The Kier molecular flexibility index (Phi) is 14.5. The molecule has 0 radical (unpaired) electrons. The van der Waals surface area contributed by atoms with E-state index in [4.69, 9.17) is 19.6 Å². The summed E-state index contributed by atoms with van der Waals surface area (Å²) in [6.45, 7) is 6.41. The molecule has 0 spiro atoms. The molecule has 2 rings (SSSR count). The second-order valence-electron chi connectivity index (χ2n) is 9.17. The number of benzene rings is 2. The van der Waals surface area contributed by atoms with Crippen LogP contribution in [0.25, 0.3) is 0 Å². The van der Waals surface area contributed by atoms with Gasteiger partial charge in [-0.3, -0.25) is 9.78 Å². The Labute approximate surface area is 216 Å². The summed E-state index contributed by atoms with van der Waals surface area (Å²) in [5.74, 6) is -1.24. The third-order valence-corrected chi connectivity index (χ3v) is 5.96. The summed E-state index contributed by atoms with van der Waals surface area (Å²) in [5, 5.41) is 0. The Hall–Kier alpha value is -2.70. The van der Waals surface area contributed by atoms with Crippen LogP contribution in [0.4, 0.5) is 0 Å². The highest BCUT2D eigenvalue weighted by Crippen LogP contribution is 2.16. The molecule has 2 aromatic carbocycles. The van der Waals surface area contributed by atoms with Gasteiger partial charge in [0.1, 0.15) is 0 Å². The fourth-order valence-electron chi connectivity index (χ4n) is 3.86. The first-order valence-electron chi connectivity index (χ1n) is 13.5. The van der Waals surface area contributed by atoms with E-state index < -0.39 is 18.2 Å². The summed E-state index contributed by atoms with van der Waals surface area (Å²) in [7, 11) is 0. The summed E-state index contributed by atoms with van der Waals surface area (Å²) in [4.78, 5) is 45.4. The van der Waals surface area contributed by atoms with Crippen molar-refractivity contribution < 1.29 is 29.1 Å². The third-order valence-electron chi connectivity index (χ3n) is 5.96. The number of hydrogen-bond acceptors (Lipinski definition) is 6. The predicted octanol–water partition coefficient (Wildman–Crippen LogP) is 7.94. The summed E-state index contributed by atoms with van der Waals surface area (Å²) in [6.07, 6.45) is 11.2. The highest BCUT2D eigenvalue weighted by Gasteiger charge is 2.19. The van der Waals surface area contributed by atoms with E-state index in [0.29, 0.717) is 17.5 Å². The minimum atomic E-state index is -1.01. The van der Waals surface area contributed by atoms with Crippen molar-refractivity contribution in [1.82, 2.24) is 0 Å². The van der Waals surface area contributed by atoms with Crippen LogP contribution in [0.3, 0.4) is 0 Å². The van der Waals surface area contributed by atoms with Gasteiger partial charge in [0, 0.05) is 6.42 Å². The number of rotatable bonds is 18. The van der Waals surface area contributed by atoms with Gasteiger partial charge in [0.15, 0.2) is 0 Å². The van der Waals surface area contributed by atoms with Gasteiger partial charge in [0.05, 0.1) is 11.1 Å². The molecule has 0 aliphatic carbocycles. The van der Waals surface area contributed by atoms with Crippen LogP contribution in [-0.4, -0.2) is 18.2 Å². The fourth-order valence-corrected chi connectivity index (χ4v) is 3.86. The van der Waals surface area contributed by atoms with Crippen molar-refractivity contribution in [2.45, 2.75) is 104 Å². The Balaban J connectivity index is 1.88. The Morgan fingerprint density at radius 2 is 1.00 bits per heavy atom. The average Bonchev–Trinajstić information content (AvgIpc) is 2.90.